The molecule has 2 unspecified atom stereocenters. The number of carbonyl (C=O) groups is 1. The molecule has 1 aliphatic heterocycles. The minimum atomic E-state index is -0.352. The topological polar surface area (TPSA) is 64.3 Å². The number of nitrogens with zero attached hydrogens (tertiary/aromatic N) is 2. The van der Waals surface area contributed by atoms with Crippen LogP contribution in [-0.4, -0.2) is 28.6 Å². The van der Waals surface area contributed by atoms with Crippen molar-refractivity contribution < 1.29 is 9.90 Å². The Labute approximate surface area is 128 Å². The molecule has 1 aliphatic carbocycles. The maximum absolute atomic E-state index is 12.4. The Morgan fingerprint density at radius 1 is 1.48 bits per heavy atom. The highest BCUT2D eigenvalue weighted by atomic mass is 35.5. The third-order valence-electron chi connectivity index (χ3n) is 4.82. The average Bonchev–Trinajstić information content (AvgIpc) is 2.98. The van der Waals surface area contributed by atoms with Crippen molar-refractivity contribution in [3.63, 3.8) is 0 Å². The second-order valence-electron chi connectivity index (χ2n) is 5.96. The Morgan fingerprint density at radius 2 is 2.24 bits per heavy atom. The zero-order chi connectivity index (χ0) is 15.1. The molecule has 0 radical (unpaired) electrons. The van der Waals surface area contributed by atoms with Crippen molar-refractivity contribution in [3.8, 4) is 6.07 Å². The Kier molecular flexibility index (Phi) is 3.64. The summed E-state index contributed by atoms with van der Waals surface area (Å²) in [6.07, 6.45) is 1.17. The van der Waals surface area contributed by atoms with Crippen molar-refractivity contribution in [1.29, 1.82) is 5.26 Å². The predicted molar refractivity (Wildman–Crippen MR) is 78.5 cm³/mol. The summed E-state index contributed by atoms with van der Waals surface area (Å²) < 4.78 is 0. The van der Waals surface area contributed by atoms with Crippen LogP contribution in [0.4, 0.5) is 0 Å². The van der Waals surface area contributed by atoms with E-state index < -0.39 is 0 Å². The number of aliphatic hydroxyl groups is 1. The van der Waals surface area contributed by atoms with Crippen LogP contribution in [0.15, 0.2) is 12.1 Å². The number of halogens is 1. The molecule has 5 heteroatoms. The van der Waals surface area contributed by atoms with E-state index in [1.165, 1.54) is 0 Å². The first-order valence-electron chi connectivity index (χ1n) is 7.18. The molecular formula is C16H17ClN2O2. The summed E-state index contributed by atoms with van der Waals surface area (Å²) in [5.41, 5.74) is 2.26. The van der Waals surface area contributed by atoms with Gasteiger partial charge in [0.05, 0.1) is 16.7 Å². The smallest absolute Gasteiger partial charge is 0.226 e. The first-order chi connectivity index (χ1) is 10.0. The maximum atomic E-state index is 12.4. The summed E-state index contributed by atoms with van der Waals surface area (Å²) in [6, 6.07) is 5.61. The van der Waals surface area contributed by atoms with Crippen LogP contribution >= 0.6 is 11.6 Å². The van der Waals surface area contributed by atoms with E-state index in [1.54, 1.807) is 6.07 Å². The first kappa shape index (κ1) is 14.4. The van der Waals surface area contributed by atoms with Gasteiger partial charge in [0.1, 0.15) is 6.07 Å². The van der Waals surface area contributed by atoms with Crippen LogP contribution in [0.5, 0.6) is 0 Å². The number of fused-ring (bicyclic) bond motifs is 1. The molecule has 21 heavy (non-hydrogen) atoms. The standard InChI is InChI=1S/C16H17ClN2O2/c1-9-11(3-2-10(6-18)15(9)17)7-19-8-13-12(16(19)21)4-5-14(13)20/h2-3,12-14,20H,4-5,7-8H2,1H3/t12?,13-,14?/m1/s1. The van der Waals surface area contributed by atoms with Gasteiger partial charge >= 0.3 is 0 Å². The normalized spacial score (nSPS) is 27.8. The molecule has 0 spiro atoms. The summed E-state index contributed by atoms with van der Waals surface area (Å²) in [5.74, 6) is 0.192. The number of amides is 1. The Hall–Kier alpha value is -1.57. The third kappa shape index (κ3) is 2.31. The Balaban J connectivity index is 1.81. The average molecular weight is 305 g/mol. The van der Waals surface area contributed by atoms with E-state index in [9.17, 15) is 9.90 Å². The number of likely N-dealkylation sites (tertiary alicyclic amines) is 1. The third-order valence-corrected chi connectivity index (χ3v) is 5.31. The van der Waals surface area contributed by atoms with Crippen LogP contribution in [0.2, 0.25) is 5.02 Å². The summed E-state index contributed by atoms with van der Waals surface area (Å²) in [7, 11) is 0. The van der Waals surface area contributed by atoms with Gasteiger partial charge in [-0.05, 0) is 37.0 Å². The van der Waals surface area contributed by atoms with Crippen molar-refractivity contribution in [2.24, 2.45) is 11.8 Å². The van der Waals surface area contributed by atoms with Gasteiger partial charge in [-0.1, -0.05) is 17.7 Å². The SMILES string of the molecule is Cc1c(CN2C[C@H]3C(O)CCC3C2=O)ccc(C#N)c1Cl. The van der Waals surface area contributed by atoms with Gasteiger partial charge in [-0.15, -0.1) is 0 Å². The number of aliphatic hydroxyl groups excluding tert-OH is 1. The van der Waals surface area contributed by atoms with E-state index in [-0.39, 0.29) is 23.8 Å². The van der Waals surface area contributed by atoms with Gasteiger partial charge in [-0.2, -0.15) is 5.26 Å². The van der Waals surface area contributed by atoms with Gasteiger partial charge in [0.2, 0.25) is 5.91 Å². The van der Waals surface area contributed by atoms with E-state index in [4.69, 9.17) is 16.9 Å². The number of rotatable bonds is 2. The van der Waals surface area contributed by atoms with Crippen LogP contribution in [0, 0.1) is 30.1 Å². The Morgan fingerprint density at radius 3 is 2.90 bits per heavy atom. The monoisotopic (exact) mass is 304 g/mol. The van der Waals surface area contributed by atoms with Gasteiger partial charge in [-0.3, -0.25) is 4.79 Å². The number of nitriles is 1. The highest BCUT2D eigenvalue weighted by Crippen LogP contribution is 2.39. The molecule has 1 amide bonds. The van der Waals surface area contributed by atoms with E-state index in [0.29, 0.717) is 23.7 Å². The number of hydrogen-bond acceptors (Lipinski definition) is 3. The minimum absolute atomic E-state index is 0.0193. The molecule has 1 N–H and O–H groups in total. The first-order valence-corrected chi connectivity index (χ1v) is 7.55. The number of hydrogen-bond donors (Lipinski definition) is 1. The lowest BCUT2D eigenvalue weighted by molar-refractivity contribution is -0.131. The van der Waals surface area contributed by atoms with Gasteiger partial charge in [0, 0.05) is 24.9 Å². The molecule has 0 aromatic heterocycles. The highest BCUT2D eigenvalue weighted by molar-refractivity contribution is 6.32. The number of carbonyl (C=O) groups excluding carboxylic acids is 1. The molecule has 1 aromatic carbocycles. The molecule has 2 fully saturated rings. The summed E-state index contributed by atoms with van der Waals surface area (Å²) >= 11 is 6.17. The van der Waals surface area contributed by atoms with Gasteiger partial charge < -0.3 is 10.0 Å². The minimum Gasteiger partial charge on any atom is -0.393 e. The molecule has 1 saturated carbocycles. The van der Waals surface area contributed by atoms with E-state index in [1.807, 2.05) is 17.9 Å². The van der Waals surface area contributed by atoms with Crippen molar-refractivity contribution in [2.45, 2.75) is 32.4 Å². The lowest BCUT2D eigenvalue weighted by Crippen LogP contribution is -2.28. The van der Waals surface area contributed by atoms with E-state index in [2.05, 4.69) is 6.07 Å². The van der Waals surface area contributed by atoms with Crippen molar-refractivity contribution >= 4 is 17.5 Å². The molecular weight excluding hydrogens is 288 g/mol. The quantitative estimate of drug-likeness (QED) is 0.911. The van der Waals surface area contributed by atoms with Crippen molar-refractivity contribution in [1.82, 2.24) is 4.90 Å². The zero-order valence-electron chi connectivity index (χ0n) is 11.8. The molecule has 1 heterocycles. The summed E-state index contributed by atoms with van der Waals surface area (Å²) in [6.45, 7) is 2.98. The molecule has 3 atom stereocenters. The van der Waals surface area contributed by atoms with Crippen molar-refractivity contribution in [3.05, 3.63) is 33.8 Å². The van der Waals surface area contributed by atoms with Gasteiger partial charge in [-0.25, -0.2) is 0 Å². The van der Waals surface area contributed by atoms with E-state index in [0.717, 1.165) is 24.0 Å². The lowest BCUT2D eigenvalue weighted by atomic mass is 9.99. The molecule has 1 saturated heterocycles. The fourth-order valence-corrected chi connectivity index (χ4v) is 3.74. The summed E-state index contributed by atoms with van der Waals surface area (Å²) in [5, 5.41) is 19.4. The van der Waals surface area contributed by atoms with Crippen LogP contribution in [0.3, 0.4) is 0 Å². The molecule has 1 aromatic rings. The second-order valence-corrected chi connectivity index (χ2v) is 6.33. The van der Waals surface area contributed by atoms with Crippen LogP contribution in [0.1, 0.15) is 29.5 Å². The molecule has 2 aliphatic rings. The maximum Gasteiger partial charge on any atom is 0.226 e. The van der Waals surface area contributed by atoms with Crippen LogP contribution in [-0.2, 0) is 11.3 Å². The fourth-order valence-electron chi connectivity index (χ4n) is 3.51. The van der Waals surface area contributed by atoms with Crippen LogP contribution in [0.25, 0.3) is 0 Å². The van der Waals surface area contributed by atoms with Gasteiger partial charge in [0.15, 0.2) is 0 Å². The van der Waals surface area contributed by atoms with Crippen LogP contribution < -0.4 is 0 Å². The highest BCUT2D eigenvalue weighted by Gasteiger charge is 2.47. The predicted octanol–water partition coefficient (Wildman–Crippen LogP) is 2.25. The zero-order valence-corrected chi connectivity index (χ0v) is 12.6. The van der Waals surface area contributed by atoms with Gasteiger partial charge in [0.25, 0.3) is 0 Å². The number of benzene rings is 1. The molecule has 0 bridgehead atoms. The largest absolute Gasteiger partial charge is 0.393 e. The Bertz CT molecular complexity index is 638. The fraction of sp³-hybridized carbons (Fsp3) is 0.500. The molecule has 3 rings (SSSR count). The lowest BCUT2D eigenvalue weighted by Gasteiger charge is -2.20. The molecule has 110 valence electrons. The molecule has 4 nitrogen and oxygen atoms in total. The van der Waals surface area contributed by atoms with E-state index >= 15 is 0 Å². The second kappa shape index (κ2) is 5.32. The van der Waals surface area contributed by atoms with Crippen molar-refractivity contribution in [2.75, 3.05) is 6.54 Å². The summed E-state index contributed by atoms with van der Waals surface area (Å²) in [4.78, 5) is 14.2.